The van der Waals surface area contributed by atoms with Crippen molar-refractivity contribution in [2.45, 2.75) is 51.9 Å². The third-order valence-corrected chi connectivity index (χ3v) is 5.16. The van der Waals surface area contributed by atoms with E-state index in [-0.39, 0.29) is 12.2 Å². The van der Waals surface area contributed by atoms with Gasteiger partial charge in [-0.3, -0.25) is 9.97 Å². The maximum Gasteiger partial charge on any atom is 0.408 e. The molecule has 0 aliphatic carbocycles. The van der Waals surface area contributed by atoms with Gasteiger partial charge in [-0.1, -0.05) is 18.2 Å². The Balaban J connectivity index is 1.88. The van der Waals surface area contributed by atoms with Crippen molar-refractivity contribution >= 4 is 17.7 Å². The summed E-state index contributed by atoms with van der Waals surface area (Å²) >= 11 is 0. The molecule has 9 heteroatoms. The molecule has 0 fully saturated rings. The number of methoxy groups -OCH3 is 1. The van der Waals surface area contributed by atoms with Gasteiger partial charge in [-0.25, -0.2) is 9.59 Å². The lowest BCUT2D eigenvalue weighted by Gasteiger charge is -2.26. The van der Waals surface area contributed by atoms with Gasteiger partial charge in [0.15, 0.2) is 0 Å². The number of pyridine rings is 2. The second-order valence-corrected chi connectivity index (χ2v) is 9.25. The number of carbonyl (C=O) groups is 2. The molecule has 1 aromatic carbocycles. The van der Waals surface area contributed by atoms with Gasteiger partial charge in [-0.05, 0) is 62.7 Å². The summed E-state index contributed by atoms with van der Waals surface area (Å²) in [7, 11) is 1.26. The Kier molecular flexibility index (Phi) is 8.83. The van der Waals surface area contributed by atoms with E-state index in [1.807, 2.05) is 41.3 Å². The molecule has 2 N–H and O–H groups in total. The third kappa shape index (κ3) is 7.97. The van der Waals surface area contributed by atoms with Crippen molar-refractivity contribution in [2.75, 3.05) is 12.0 Å². The van der Waals surface area contributed by atoms with Gasteiger partial charge in [0.05, 0.1) is 37.3 Å². The van der Waals surface area contributed by atoms with Gasteiger partial charge in [0.25, 0.3) is 0 Å². The first-order valence-electron chi connectivity index (χ1n) is 11.6. The van der Waals surface area contributed by atoms with Gasteiger partial charge in [0.2, 0.25) is 0 Å². The Bertz CT molecular complexity index is 1110. The molecule has 0 unspecified atom stereocenters. The lowest BCUT2D eigenvalue weighted by molar-refractivity contribution is -0.143. The lowest BCUT2D eigenvalue weighted by atomic mass is 10.0. The first-order valence-corrected chi connectivity index (χ1v) is 11.6. The van der Waals surface area contributed by atoms with Gasteiger partial charge in [0, 0.05) is 18.8 Å². The minimum absolute atomic E-state index is 0.0698. The highest BCUT2D eigenvalue weighted by atomic mass is 16.6. The number of anilines is 1. The van der Waals surface area contributed by atoms with Crippen LogP contribution in [0.25, 0.3) is 0 Å². The normalized spacial score (nSPS) is 11.9. The lowest BCUT2D eigenvalue weighted by Crippen LogP contribution is -2.45. The average Bonchev–Trinajstić information content (AvgIpc) is 2.84. The van der Waals surface area contributed by atoms with E-state index in [1.165, 1.54) is 7.11 Å². The molecule has 0 saturated heterocycles. The number of nitrogens with zero attached hydrogens (tertiary/aromatic N) is 3. The van der Waals surface area contributed by atoms with Crippen molar-refractivity contribution in [3.63, 3.8) is 0 Å². The third-order valence-electron chi connectivity index (χ3n) is 5.16. The summed E-state index contributed by atoms with van der Waals surface area (Å²) < 4.78 is 10.2. The van der Waals surface area contributed by atoms with Crippen LogP contribution in [-0.4, -0.2) is 45.9 Å². The molecule has 3 rings (SSSR count). The number of benzene rings is 1. The van der Waals surface area contributed by atoms with E-state index in [4.69, 9.17) is 9.47 Å². The van der Waals surface area contributed by atoms with Crippen LogP contribution in [0.2, 0.25) is 0 Å². The van der Waals surface area contributed by atoms with Crippen molar-refractivity contribution in [1.29, 1.82) is 0 Å². The SMILES string of the molecule is COC(=O)[C@H](Cc1ccc(O)c(N(Cc2ccccn2)Cc2ccccn2)c1)NC(=O)OC(C)(C)C. The van der Waals surface area contributed by atoms with Crippen LogP contribution in [0.1, 0.15) is 37.7 Å². The number of aromatic hydroxyl groups is 1. The largest absolute Gasteiger partial charge is 0.506 e. The Morgan fingerprint density at radius 1 is 1.00 bits per heavy atom. The fraction of sp³-hybridized carbons (Fsp3) is 0.333. The van der Waals surface area contributed by atoms with Crippen molar-refractivity contribution in [3.8, 4) is 5.75 Å². The fourth-order valence-electron chi connectivity index (χ4n) is 3.57. The highest BCUT2D eigenvalue weighted by molar-refractivity contribution is 5.81. The number of alkyl carbamates (subject to hydrolysis) is 1. The van der Waals surface area contributed by atoms with Crippen LogP contribution in [0, 0.1) is 0 Å². The summed E-state index contributed by atoms with van der Waals surface area (Å²) in [5.41, 5.74) is 2.17. The summed E-state index contributed by atoms with van der Waals surface area (Å²) in [4.78, 5) is 35.5. The molecule has 2 aromatic heterocycles. The zero-order valence-corrected chi connectivity index (χ0v) is 21.0. The van der Waals surface area contributed by atoms with Gasteiger partial charge >= 0.3 is 12.1 Å². The van der Waals surface area contributed by atoms with Gasteiger partial charge in [-0.15, -0.1) is 0 Å². The van der Waals surface area contributed by atoms with Gasteiger partial charge in [-0.2, -0.15) is 0 Å². The van der Waals surface area contributed by atoms with Crippen LogP contribution in [-0.2, 0) is 33.8 Å². The second kappa shape index (κ2) is 12.0. The van der Waals surface area contributed by atoms with Crippen LogP contribution in [0.15, 0.2) is 67.0 Å². The number of amides is 1. The van der Waals surface area contributed by atoms with E-state index in [2.05, 4.69) is 15.3 Å². The fourth-order valence-corrected chi connectivity index (χ4v) is 3.57. The van der Waals surface area contributed by atoms with E-state index in [1.54, 1.807) is 51.4 Å². The van der Waals surface area contributed by atoms with Crippen LogP contribution in [0.4, 0.5) is 10.5 Å². The molecule has 1 amide bonds. The molecule has 0 radical (unpaired) electrons. The predicted octanol–water partition coefficient (Wildman–Crippen LogP) is 4.00. The van der Waals surface area contributed by atoms with E-state index < -0.39 is 23.7 Å². The summed E-state index contributed by atoms with van der Waals surface area (Å²) in [6.07, 6.45) is 2.85. The van der Waals surface area contributed by atoms with E-state index in [0.29, 0.717) is 24.3 Å². The topological polar surface area (TPSA) is 114 Å². The minimum Gasteiger partial charge on any atom is -0.506 e. The summed E-state index contributed by atoms with van der Waals surface area (Å²) in [5, 5.41) is 13.3. The number of rotatable bonds is 9. The number of hydrogen-bond donors (Lipinski definition) is 2. The predicted molar refractivity (Wildman–Crippen MR) is 135 cm³/mol. The Morgan fingerprint density at radius 2 is 1.61 bits per heavy atom. The first kappa shape index (κ1) is 26.5. The standard InChI is InChI=1S/C27H32N4O5/c1-27(2,3)36-26(34)30-22(25(33)35-4)15-19-11-12-24(32)23(16-19)31(17-20-9-5-7-13-28-20)18-21-10-6-8-14-29-21/h5-14,16,22,32H,15,17-18H2,1-4H3,(H,30,34)/t22-/m0/s1. The number of ether oxygens (including phenoxy) is 2. The summed E-state index contributed by atoms with van der Waals surface area (Å²) in [6.45, 7) is 6.06. The molecule has 9 nitrogen and oxygen atoms in total. The second-order valence-electron chi connectivity index (χ2n) is 9.25. The average molecular weight is 493 g/mol. The van der Waals surface area contributed by atoms with Crippen molar-refractivity contribution < 1.29 is 24.2 Å². The van der Waals surface area contributed by atoms with Crippen molar-refractivity contribution in [2.24, 2.45) is 0 Å². The maximum atomic E-state index is 12.4. The Labute approximate surface area is 211 Å². The number of phenolic OH excluding ortho intramolecular Hbond substituents is 1. The highest BCUT2D eigenvalue weighted by Crippen LogP contribution is 2.31. The quantitative estimate of drug-likeness (QED) is 0.431. The molecule has 1 atom stereocenters. The highest BCUT2D eigenvalue weighted by Gasteiger charge is 2.26. The number of carbonyl (C=O) groups excluding carboxylic acids is 2. The molecule has 36 heavy (non-hydrogen) atoms. The van der Waals surface area contributed by atoms with Crippen LogP contribution in [0.3, 0.4) is 0 Å². The zero-order valence-electron chi connectivity index (χ0n) is 21.0. The smallest absolute Gasteiger partial charge is 0.408 e. The van der Waals surface area contributed by atoms with E-state index in [9.17, 15) is 14.7 Å². The summed E-state index contributed by atoms with van der Waals surface area (Å²) in [6, 6.07) is 15.4. The molecule has 3 aromatic rings. The first-order chi connectivity index (χ1) is 17.1. The van der Waals surface area contributed by atoms with Gasteiger partial charge in [0.1, 0.15) is 17.4 Å². The number of phenols is 1. The number of hydrogen-bond acceptors (Lipinski definition) is 8. The van der Waals surface area contributed by atoms with E-state index in [0.717, 1.165) is 11.4 Å². The van der Waals surface area contributed by atoms with Crippen molar-refractivity contribution in [1.82, 2.24) is 15.3 Å². The Hall–Kier alpha value is -4.14. The number of nitrogens with one attached hydrogen (secondary N) is 1. The minimum atomic E-state index is -0.970. The number of aromatic nitrogens is 2. The molecule has 2 heterocycles. The maximum absolute atomic E-state index is 12.4. The molecule has 0 aliphatic heterocycles. The summed E-state index contributed by atoms with van der Waals surface area (Å²) in [5.74, 6) is -0.533. The van der Waals surface area contributed by atoms with Crippen LogP contribution < -0.4 is 10.2 Å². The molecule has 0 bridgehead atoms. The van der Waals surface area contributed by atoms with Crippen LogP contribution in [0.5, 0.6) is 5.75 Å². The molecular weight excluding hydrogens is 460 g/mol. The molecular formula is C27H32N4O5. The Morgan fingerprint density at radius 3 is 2.11 bits per heavy atom. The van der Waals surface area contributed by atoms with Gasteiger partial charge < -0.3 is 24.8 Å². The number of esters is 1. The molecule has 190 valence electrons. The molecule has 0 saturated carbocycles. The monoisotopic (exact) mass is 492 g/mol. The zero-order chi connectivity index (χ0) is 26.1. The van der Waals surface area contributed by atoms with Crippen molar-refractivity contribution in [3.05, 3.63) is 83.9 Å². The van der Waals surface area contributed by atoms with E-state index >= 15 is 0 Å². The molecule has 0 spiro atoms. The van der Waals surface area contributed by atoms with Crippen LogP contribution >= 0.6 is 0 Å². The molecule has 0 aliphatic rings.